The molecule has 4 nitrogen and oxygen atoms in total. The first-order chi connectivity index (χ1) is 12.8. The van der Waals surface area contributed by atoms with Crippen LogP contribution in [0.3, 0.4) is 0 Å². The molecule has 2 amide bonds. The van der Waals surface area contributed by atoms with Crippen molar-refractivity contribution in [3.63, 3.8) is 0 Å². The molecule has 1 fully saturated rings. The first kappa shape index (κ1) is 19.6. The summed E-state index contributed by atoms with van der Waals surface area (Å²) in [6, 6.07) is 6.34. The normalized spacial score (nSPS) is 22.9. The molecular weight excluding hydrogens is 356 g/mol. The Bertz CT molecular complexity index is 850. The van der Waals surface area contributed by atoms with Gasteiger partial charge in [0.05, 0.1) is 11.4 Å². The molecule has 5 heteroatoms. The van der Waals surface area contributed by atoms with Crippen molar-refractivity contribution in [2.75, 3.05) is 18.0 Å². The number of benzene rings is 1. The second-order valence-electron chi connectivity index (χ2n) is 7.86. The molecule has 1 unspecified atom stereocenters. The number of nitrogens with zero attached hydrogens (tertiary/aromatic N) is 2. The van der Waals surface area contributed by atoms with Crippen molar-refractivity contribution in [3.05, 3.63) is 34.2 Å². The summed E-state index contributed by atoms with van der Waals surface area (Å²) in [5.41, 5.74) is 3.66. The largest absolute Gasteiger partial charge is 0.366 e. The molecule has 0 aromatic heterocycles. The SMILES string of the molecule is C#CCN1C(=O)S/C(=C/c2ccc3c(c2)C(C)CC(C)(C)N3CCC)C1=O. The van der Waals surface area contributed by atoms with Gasteiger partial charge in [-0.3, -0.25) is 14.5 Å². The quantitative estimate of drug-likeness (QED) is 0.551. The van der Waals surface area contributed by atoms with Crippen LogP contribution >= 0.6 is 11.8 Å². The Morgan fingerprint density at radius 3 is 2.78 bits per heavy atom. The highest BCUT2D eigenvalue weighted by Crippen LogP contribution is 2.44. The zero-order valence-corrected chi connectivity index (χ0v) is 17.2. The van der Waals surface area contributed by atoms with Gasteiger partial charge in [0.1, 0.15) is 0 Å². The van der Waals surface area contributed by atoms with E-state index in [4.69, 9.17) is 6.42 Å². The number of imide groups is 1. The average molecular weight is 383 g/mol. The number of anilines is 1. The molecule has 2 aliphatic rings. The monoisotopic (exact) mass is 382 g/mol. The zero-order valence-electron chi connectivity index (χ0n) is 16.4. The van der Waals surface area contributed by atoms with Crippen LogP contribution in [-0.2, 0) is 4.79 Å². The van der Waals surface area contributed by atoms with Crippen molar-refractivity contribution in [3.8, 4) is 12.3 Å². The Kier molecular flexibility index (Phi) is 5.39. The van der Waals surface area contributed by atoms with E-state index in [-0.39, 0.29) is 23.2 Å². The van der Waals surface area contributed by atoms with Gasteiger partial charge >= 0.3 is 0 Å². The minimum absolute atomic E-state index is 0.0181. The van der Waals surface area contributed by atoms with Crippen LogP contribution in [0.15, 0.2) is 23.1 Å². The number of carbonyl (C=O) groups is 2. The van der Waals surface area contributed by atoms with Gasteiger partial charge in [-0.15, -0.1) is 6.42 Å². The van der Waals surface area contributed by atoms with Crippen LogP contribution in [0.4, 0.5) is 10.5 Å². The summed E-state index contributed by atoms with van der Waals surface area (Å²) in [7, 11) is 0. The molecule has 0 bridgehead atoms. The Morgan fingerprint density at radius 1 is 1.37 bits per heavy atom. The fourth-order valence-corrected chi connectivity index (χ4v) is 4.96. The predicted molar refractivity (Wildman–Crippen MR) is 113 cm³/mol. The van der Waals surface area contributed by atoms with E-state index >= 15 is 0 Å². The molecule has 3 rings (SSSR count). The van der Waals surface area contributed by atoms with E-state index in [2.05, 4.69) is 50.6 Å². The molecule has 1 aromatic rings. The molecule has 1 aromatic carbocycles. The third-order valence-corrected chi connectivity index (χ3v) is 6.19. The Hall–Kier alpha value is -2.19. The zero-order chi connectivity index (χ0) is 19.8. The average Bonchev–Trinajstić information content (AvgIpc) is 2.86. The number of fused-ring (bicyclic) bond motifs is 1. The lowest BCUT2D eigenvalue weighted by Crippen LogP contribution is -2.48. The van der Waals surface area contributed by atoms with E-state index in [9.17, 15) is 9.59 Å². The maximum Gasteiger partial charge on any atom is 0.294 e. The van der Waals surface area contributed by atoms with Crippen LogP contribution < -0.4 is 4.90 Å². The molecule has 0 aliphatic carbocycles. The lowest BCUT2D eigenvalue weighted by atomic mass is 9.79. The molecule has 0 radical (unpaired) electrons. The van der Waals surface area contributed by atoms with Gasteiger partial charge in [0.25, 0.3) is 11.1 Å². The van der Waals surface area contributed by atoms with Crippen molar-refractivity contribution < 1.29 is 9.59 Å². The van der Waals surface area contributed by atoms with E-state index in [1.54, 1.807) is 6.08 Å². The number of hydrogen-bond acceptors (Lipinski definition) is 4. The minimum Gasteiger partial charge on any atom is -0.366 e. The molecule has 0 saturated carbocycles. The summed E-state index contributed by atoms with van der Waals surface area (Å²) in [4.78, 5) is 28.4. The highest BCUT2D eigenvalue weighted by molar-refractivity contribution is 8.18. The van der Waals surface area contributed by atoms with Gasteiger partial charge in [-0.2, -0.15) is 0 Å². The van der Waals surface area contributed by atoms with Crippen LogP contribution in [0.5, 0.6) is 0 Å². The maximum absolute atomic E-state index is 12.4. The number of terminal acetylenes is 1. The number of hydrogen-bond donors (Lipinski definition) is 0. The van der Waals surface area contributed by atoms with E-state index in [1.807, 2.05) is 6.07 Å². The molecule has 0 N–H and O–H groups in total. The third-order valence-electron chi connectivity index (χ3n) is 5.28. The summed E-state index contributed by atoms with van der Waals surface area (Å²) in [5.74, 6) is 2.50. The lowest BCUT2D eigenvalue weighted by Gasteiger charge is -2.47. The third kappa shape index (κ3) is 3.64. The van der Waals surface area contributed by atoms with Gasteiger partial charge in [-0.25, -0.2) is 0 Å². The van der Waals surface area contributed by atoms with Crippen molar-refractivity contribution in [2.24, 2.45) is 0 Å². The van der Waals surface area contributed by atoms with E-state index in [0.29, 0.717) is 10.8 Å². The van der Waals surface area contributed by atoms with E-state index in [1.165, 1.54) is 11.3 Å². The van der Waals surface area contributed by atoms with Crippen LogP contribution in [0.25, 0.3) is 6.08 Å². The first-order valence-corrected chi connectivity index (χ1v) is 10.2. The lowest BCUT2D eigenvalue weighted by molar-refractivity contribution is -0.122. The highest BCUT2D eigenvalue weighted by atomic mass is 32.2. The number of carbonyl (C=O) groups excluding carboxylic acids is 2. The summed E-state index contributed by atoms with van der Waals surface area (Å²) in [5, 5.41) is -0.300. The predicted octanol–water partition coefficient (Wildman–Crippen LogP) is 4.86. The summed E-state index contributed by atoms with van der Waals surface area (Å²) in [6.07, 6.45) is 9.24. The molecule has 27 heavy (non-hydrogen) atoms. The molecule has 2 aliphatic heterocycles. The standard InChI is InChI=1S/C22H26N2O2S/c1-6-10-23-20(25)19(27-21(23)26)13-16-8-9-18-17(12-16)15(3)14-22(4,5)24(18)11-7-2/h1,8-9,12-13,15H,7,10-11,14H2,2-5H3/b19-13+. The van der Waals surface area contributed by atoms with Gasteiger partial charge < -0.3 is 4.90 Å². The van der Waals surface area contributed by atoms with E-state index in [0.717, 1.165) is 41.6 Å². The molecule has 0 spiro atoms. The van der Waals surface area contributed by atoms with Gasteiger partial charge in [0.15, 0.2) is 0 Å². The highest BCUT2D eigenvalue weighted by Gasteiger charge is 2.36. The number of rotatable bonds is 4. The fraction of sp³-hybridized carbons (Fsp3) is 0.455. The molecule has 2 heterocycles. The Morgan fingerprint density at radius 2 is 2.11 bits per heavy atom. The molecule has 1 saturated heterocycles. The second-order valence-corrected chi connectivity index (χ2v) is 8.85. The molecular formula is C22H26N2O2S. The van der Waals surface area contributed by atoms with Gasteiger partial charge in [-0.05, 0) is 73.7 Å². The van der Waals surface area contributed by atoms with Crippen LogP contribution in [0.1, 0.15) is 57.6 Å². The minimum atomic E-state index is -0.303. The maximum atomic E-state index is 12.4. The van der Waals surface area contributed by atoms with Gasteiger partial charge in [0, 0.05) is 17.8 Å². The number of amides is 2. The van der Waals surface area contributed by atoms with Crippen LogP contribution in [0.2, 0.25) is 0 Å². The van der Waals surface area contributed by atoms with Gasteiger partial charge in [-0.1, -0.05) is 25.8 Å². The van der Waals surface area contributed by atoms with E-state index < -0.39 is 0 Å². The Labute approximate surface area is 166 Å². The van der Waals surface area contributed by atoms with Crippen molar-refractivity contribution >= 4 is 34.7 Å². The second kappa shape index (κ2) is 7.44. The topological polar surface area (TPSA) is 40.6 Å². The van der Waals surface area contributed by atoms with Crippen molar-refractivity contribution in [2.45, 2.75) is 52.0 Å². The number of thioether (sulfide) groups is 1. The molecule has 142 valence electrons. The van der Waals surface area contributed by atoms with Crippen LogP contribution in [-0.4, -0.2) is 34.7 Å². The summed E-state index contributed by atoms with van der Waals surface area (Å²) >= 11 is 0.956. The van der Waals surface area contributed by atoms with Crippen LogP contribution in [0, 0.1) is 12.3 Å². The van der Waals surface area contributed by atoms with Gasteiger partial charge in [0.2, 0.25) is 0 Å². The fourth-order valence-electron chi connectivity index (χ4n) is 4.12. The van der Waals surface area contributed by atoms with Crippen molar-refractivity contribution in [1.29, 1.82) is 0 Å². The first-order valence-electron chi connectivity index (χ1n) is 9.39. The van der Waals surface area contributed by atoms with Crippen molar-refractivity contribution in [1.82, 2.24) is 4.90 Å². The molecule has 1 atom stereocenters. The summed E-state index contributed by atoms with van der Waals surface area (Å²) < 4.78 is 0. The Balaban J connectivity index is 1.95. The smallest absolute Gasteiger partial charge is 0.294 e. The summed E-state index contributed by atoms with van der Waals surface area (Å²) in [6.45, 7) is 10.1.